The molecule has 2 rings (SSSR count). The molecule has 3 atom stereocenters. The van der Waals surface area contributed by atoms with Crippen molar-refractivity contribution in [2.24, 2.45) is 11.8 Å². The highest BCUT2D eigenvalue weighted by molar-refractivity contribution is 5.39. The van der Waals surface area contributed by atoms with Gasteiger partial charge >= 0.3 is 0 Å². The smallest absolute Gasteiger partial charge is 0.161 e. The van der Waals surface area contributed by atoms with Crippen molar-refractivity contribution in [3.8, 4) is 11.5 Å². The maximum absolute atomic E-state index is 5.84. The van der Waals surface area contributed by atoms with Crippen molar-refractivity contribution in [3.63, 3.8) is 0 Å². The predicted molar refractivity (Wildman–Crippen MR) is 87.1 cm³/mol. The third-order valence-corrected chi connectivity index (χ3v) is 4.54. The van der Waals surface area contributed by atoms with Crippen LogP contribution in [0.25, 0.3) is 0 Å². The molecular formula is C18H29NO2. The van der Waals surface area contributed by atoms with Gasteiger partial charge in [0, 0.05) is 12.6 Å². The minimum absolute atomic E-state index is 0.655. The van der Waals surface area contributed by atoms with Gasteiger partial charge in [0.1, 0.15) is 6.61 Å². The Labute approximate surface area is 129 Å². The molecule has 118 valence electrons. The predicted octanol–water partition coefficient (Wildman–Crippen LogP) is 3.88. The number of nitrogens with one attached hydrogen (secondary N) is 1. The van der Waals surface area contributed by atoms with Gasteiger partial charge in [0.15, 0.2) is 11.5 Å². The van der Waals surface area contributed by atoms with Gasteiger partial charge in [-0.05, 0) is 50.2 Å². The molecule has 0 aliphatic heterocycles. The largest absolute Gasteiger partial charge is 0.490 e. The van der Waals surface area contributed by atoms with Crippen LogP contribution in [0.1, 0.15) is 40.0 Å². The van der Waals surface area contributed by atoms with Crippen molar-refractivity contribution >= 4 is 0 Å². The first kappa shape index (κ1) is 16.2. The Balaban J connectivity index is 1.70. The lowest BCUT2D eigenvalue weighted by atomic mass is 9.79. The first-order chi connectivity index (χ1) is 10.2. The van der Waals surface area contributed by atoms with Gasteiger partial charge in [-0.2, -0.15) is 0 Å². The molecule has 0 aromatic heterocycles. The molecule has 0 spiro atoms. The fraction of sp³-hybridized carbons (Fsp3) is 0.667. The molecule has 3 heteroatoms. The van der Waals surface area contributed by atoms with E-state index in [1.165, 1.54) is 19.3 Å². The van der Waals surface area contributed by atoms with Gasteiger partial charge in [-0.15, -0.1) is 0 Å². The normalized spacial score (nSPS) is 25.6. The summed E-state index contributed by atoms with van der Waals surface area (Å²) in [5.74, 6) is 3.38. The van der Waals surface area contributed by atoms with E-state index in [1.54, 1.807) is 0 Å². The molecule has 0 bridgehead atoms. The van der Waals surface area contributed by atoms with E-state index in [1.807, 2.05) is 31.2 Å². The van der Waals surface area contributed by atoms with E-state index in [2.05, 4.69) is 19.2 Å². The van der Waals surface area contributed by atoms with E-state index in [4.69, 9.17) is 9.47 Å². The summed E-state index contributed by atoms with van der Waals surface area (Å²) in [6.45, 7) is 8.97. The highest BCUT2D eigenvalue weighted by atomic mass is 16.5. The Bertz CT molecular complexity index is 421. The number of para-hydroxylation sites is 2. The molecule has 3 unspecified atom stereocenters. The molecule has 0 heterocycles. The summed E-state index contributed by atoms with van der Waals surface area (Å²) >= 11 is 0. The Morgan fingerprint density at radius 2 is 1.76 bits per heavy atom. The molecule has 21 heavy (non-hydrogen) atoms. The van der Waals surface area contributed by atoms with E-state index in [9.17, 15) is 0 Å². The van der Waals surface area contributed by atoms with Crippen molar-refractivity contribution in [1.29, 1.82) is 0 Å². The number of benzene rings is 1. The van der Waals surface area contributed by atoms with Crippen molar-refractivity contribution in [3.05, 3.63) is 24.3 Å². The van der Waals surface area contributed by atoms with Crippen LogP contribution in [0.5, 0.6) is 11.5 Å². The molecule has 1 aromatic carbocycles. The highest BCUT2D eigenvalue weighted by Gasteiger charge is 2.23. The van der Waals surface area contributed by atoms with Crippen LogP contribution in [0.15, 0.2) is 24.3 Å². The second kappa shape index (κ2) is 8.28. The second-order valence-electron chi connectivity index (χ2n) is 6.15. The number of hydrogen-bond donors (Lipinski definition) is 1. The van der Waals surface area contributed by atoms with Gasteiger partial charge in [-0.1, -0.05) is 26.0 Å². The van der Waals surface area contributed by atoms with Gasteiger partial charge in [0.2, 0.25) is 0 Å². The maximum atomic E-state index is 5.84. The first-order valence-electron chi connectivity index (χ1n) is 8.28. The summed E-state index contributed by atoms with van der Waals surface area (Å²) in [4.78, 5) is 0. The van der Waals surface area contributed by atoms with E-state index in [-0.39, 0.29) is 0 Å². The van der Waals surface area contributed by atoms with Crippen molar-refractivity contribution in [1.82, 2.24) is 5.32 Å². The van der Waals surface area contributed by atoms with Crippen molar-refractivity contribution in [2.45, 2.75) is 46.1 Å². The van der Waals surface area contributed by atoms with Crippen LogP contribution >= 0.6 is 0 Å². The average Bonchev–Trinajstić information content (AvgIpc) is 2.49. The third kappa shape index (κ3) is 4.92. The summed E-state index contributed by atoms with van der Waals surface area (Å²) in [7, 11) is 0. The number of rotatable bonds is 7. The zero-order valence-corrected chi connectivity index (χ0v) is 13.6. The topological polar surface area (TPSA) is 30.5 Å². The number of hydrogen-bond acceptors (Lipinski definition) is 3. The van der Waals surface area contributed by atoms with Gasteiger partial charge in [0.05, 0.1) is 6.61 Å². The van der Waals surface area contributed by atoms with Gasteiger partial charge < -0.3 is 14.8 Å². The molecule has 1 saturated carbocycles. The summed E-state index contributed by atoms with van der Waals surface area (Å²) in [6, 6.07) is 8.53. The summed E-state index contributed by atoms with van der Waals surface area (Å²) in [5.41, 5.74) is 0. The Morgan fingerprint density at radius 3 is 2.43 bits per heavy atom. The molecule has 3 nitrogen and oxygen atoms in total. The zero-order valence-electron chi connectivity index (χ0n) is 13.6. The molecule has 0 saturated heterocycles. The summed E-state index contributed by atoms with van der Waals surface area (Å²) in [5, 5.41) is 3.63. The lowest BCUT2D eigenvalue weighted by molar-refractivity contribution is 0.214. The van der Waals surface area contributed by atoms with Gasteiger partial charge in [-0.3, -0.25) is 0 Å². The molecule has 0 amide bonds. The van der Waals surface area contributed by atoms with Crippen molar-refractivity contribution in [2.75, 3.05) is 19.8 Å². The monoisotopic (exact) mass is 291 g/mol. The molecule has 0 radical (unpaired) electrons. The number of ether oxygens (including phenoxy) is 2. The molecule has 1 fully saturated rings. The standard InChI is InChI=1S/C18H29NO2/c1-4-20-17-7-5-6-8-18(17)21-12-11-19-16-10-9-14(2)15(3)13-16/h5-8,14-16,19H,4,9-13H2,1-3H3. The quantitative estimate of drug-likeness (QED) is 0.773. The Kier molecular flexibility index (Phi) is 6.37. The van der Waals surface area contributed by atoms with E-state index >= 15 is 0 Å². The third-order valence-electron chi connectivity index (χ3n) is 4.54. The van der Waals surface area contributed by atoms with Crippen LogP contribution in [0.3, 0.4) is 0 Å². The average molecular weight is 291 g/mol. The maximum Gasteiger partial charge on any atom is 0.161 e. The van der Waals surface area contributed by atoms with E-state index in [0.717, 1.165) is 29.9 Å². The van der Waals surface area contributed by atoms with Crippen LogP contribution in [0, 0.1) is 11.8 Å². The second-order valence-corrected chi connectivity index (χ2v) is 6.15. The van der Waals surface area contributed by atoms with Crippen molar-refractivity contribution < 1.29 is 9.47 Å². The minimum Gasteiger partial charge on any atom is -0.490 e. The van der Waals surface area contributed by atoms with Crippen LogP contribution in [0.4, 0.5) is 0 Å². The van der Waals surface area contributed by atoms with Crippen LogP contribution in [-0.4, -0.2) is 25.8 Å². The fourth-order valence-electron chi connectivity index (χ4n) is 3.00. The Morgan fingerprint density at radius 1 is 1.05 bits per heavy atom. The van der Waals surface area contributed by atoms with Crippen LogP contribution in [0.2, 0.25) is 0 Å². The van der Waals surface area contributed by atoms with Gasteiger partial charge in [0.25, 0.3) is 0 Å². The molecule has 1 N–H and O–H groups in total. The van der Waals surface area contributed by atoms with Crippen LogP contribution < -0.4 is 14.8 Å². The van der Waals surface area contributed by atoms with E-state index in [0.29, 0.717) is 19.3 Å². The molecular weight excluding hydrogens is 262 g/mol. The SMILES string of the molecule is CCOc1ccccc1OCCNC1CCC(C)C(C)C1. The summed E-state index contributed by atoms with van der Waals surface area (Å²) < 4.78 is 11.4. The fourth-order valence-corrected chi connectivity index (χ4v) is 3.00. The first-order valence-corrected chi connectivity index (χ1v) is 8.28. The van der Waals surface area contributed by atoms with E-state index < -0.39 is 0 Å². The van der Waals surface area contributed by atoms with Crippen LogP contribution in [-0.2, 0) is 0 Å². The minimum atomic E-state index is 0.655. The zero-order chi connectivity index (χ0) is 15.1. The lowest BCUT2D eigenvalue weighted by Gasteiger charge is -2.32. The molecule has 1 aliphatic carbocycles. The lowest BCUT2D eigenvalue weighted by Crippen LogP contribution is -2.38. The Hall–Kier alpha value is -1.22. The highest BCUT2D eigenvalue weighted by Crippen LogP contribution is 2.29. The van der Waals surface area contributed by atoms with Gasteiger partial charge in [-0.25, -0.2) is 0 Å². The summed E-state index contributed by atoms with van der Waals surface area (Å²) in [6.07, 6.45) is 3.92. The molecule has 1 aromatic rings. The molecule has 1 aliphatic rings.